The van der Waals surface area contributed by atoms with Gasteiger partial charge in [0.05, 0.1) is 17.6 Å². The number of carbonyl (C=O) groups excluding carboxylic acids is 1. The summed E-state index contributed by atoms with van der Waals surface area (Å²) in [5, 5.41) is 3.34. The van der Waals surface area contributed by atoms with E-state index in [1.165, 1.54) is 6.07 Å². The van der Waals surface area contributed by atoms with E-state index in [0.29, 0.717) is 33.7 Å². The Balaban J connectivity index is 1.49. The zero-order valence-electron chi connectivity index (χ0n) is 14.3. The van der Waals surface area contributed by atoms with Crippen molar-refractivity contribution in [2.75, 3.05) is 5.32 Å². The maximum atomic E-state index is 14.6. The van der Waals surface area contributed by atoms with Gasteiger partial charge in [-0.1, -0.05) is 6.07 Å². The molecule has 2 aromatic heterocycles. The van der Waals surface area contributed by atoms with Gasteiger partial charge in [0.2, 0.25) is 5.91 Å². The number of benzene rings is 1. The Morgan fingerprint density at radius 3 is 2.81 bits per heavy atom. The number of H-pyrrole nitrogens is 1. The number of hydrogen-bond acceptors (Lipinski definition) is 3. The predicted molar refractivity (Wildman–Crippen MR) is 96.8 cm³/mol. The second-order valence-electron chi connectivity index (χ2n) is 7.07. The zero-order chi connectivity index (χ0) is 18.5. The van der Waals surface area contributed by atoms with Gasteiger partial charge >= 0.3 is 0 Å². The van der Waals surface area contributed by atoms with Crippen LogP contribution in [0.1, 0.15) is 19.3 Å². The number of nitrogens with one attached hydrogen (secondary N) is 2. The third kappa shape index (κ3) is 3.03. The lowest BCUT2D eigenvalue weighted by Crippen LogP contribution is -2.15. The maximum Gasteiger partial charge on any atom is 0.231 e. The molecule has 2 atom stereocenters. The van der Waals surface area contributed by atoms with Crippen molar-refractivity contribution >= 4 is 22.8 Å². The van der Waals surface area contributed by atoms with Crippen molar-refractivity contribution < 1.29 is 18.3 Å². The molecule has 7 heteroatoms. The first-order valence-corrected chi connectivity index (χ1v) is 8.99. The van der Waals surface area contributed by atoms with Gasteiger partial charge in [-0.15, -0.1) is 0 Å². The van der Waals surface area contributed by atoms with E-state index in [1.54, 1.807) is 30.5 Å². The number of amides is 1. The molecule has 2 saturated carbocycles. The number of nitrogens with zero attached hydrogens (tertiary/aromatic N) is 1. The molecule has 2 fully saturated rings. The first-order chi connectivity index (χ1) is 13.1. The van der Waals surface area contributed by atoms with Crippen LogP contribution in [0.5, 0.6) is 5.75 Å². The van der Waals surface area contributed by atoms with Crippen molar-refractivity contribution in [3.05, 3.63) is 42.3 Å². The average molecular weight is 369 g/mol. The van der Waals surface area contributed by atoms with Crippen molar-refractivity contribution in [2.24, 2.45) is 5.92 Å². The molecule has 0 aliphatic heterocycles. The Hall–Kier alpha value is -2.96. The number of hydrogen-bond donors (Lipinski definition) is 2. The molecule has 0 saturated heterocycles. The molecule has 5 nitrogen and oxygen atoms in total. The summed E-state index contributed by atoms with van der Waals surface area (Å²) in [6.45, 7) is 0. The van der Waals surface area contributed by atoms with Crippen LogP contribution in [0.25, 0.3) is 22.2 Å². The van der Waals surface area contributed by atoms with Crippen LogP contribution in [0, 0.1) is 11.7 Å². The van der Waals surface area contributed by atoms with Crippen LogP contribution < -0.4 is 10.1 Å². The molecule has 2 aliphatic rings. The number of ether oxygens (including phenoxy) is 1. The largest absolute Gasteiger partial charge is 0.490 e. The van der Waals surface area contributed by atoms with Crippen LogP contribution in [0.3, 0.4) is 0 Å². The molecule has 1 amide bonds. The number of pyridine rings is 1. The highest BCUT2D eigenvalue weighted by atomic mass is 19.1. The van der Waals surface area contributed by atoms with Gasteiger partial charge in [0.15, 0.2) is 0 Å². The Kier molecular flexibility index (Phi) is 3.63. The number of fused-ring (bicyclic) bond motifs is 1. The molecule has 1 aromatic carbocycles. The average Bonchev–Trinajstić information content (AvgIpc) is 3.55. The van der Waals surface area contributed by atoms with E-state index in [2.05, 4.69) is 15.3 Å². The lowest BCUT2D eigenvalue weighted by Gasteiger charge is -2.11. The Morgan fingerprint density at radius 2 is 2.07 bits per heavy atom. The zero-order valence-corrected chi connectivity index (χ0v) is 14.3. The minimum atomic E-state index is -1.06. The molecular formula is C20H17F2N3O2. The molecule has 0 radical (unpaired) electrons. The summed E-state index contributed by atoms with van der Waals surface area (Å²) in [5.74, 6) is -0.465. The number of rotatable bonds is 5. The molecule has 138 valence electrons. The number of aromatic amines is 1. The quantitative estimate of drug-likeness (QED) is 0.708. The van der Waals surface area contributed by atoms with Crippen molar-refractivity contribution in [3.63, 3.8) is 0 Å². The lowest BCUT2D eigenvalue weighted by molar-refractivity contribution is -0.117. The molecule has 0 bridgehead atoms. The first-order valence-electron chi connectivity index (χ1n) is 8.99. The monoisotopic (exact) mass is 369 g/mol. The second-order valence-corrected chi connectivity index (χ2v) is 7.07. The van der Waals surface area contributed by atoms with Gasteiger partial charge in [-0.3, -0.25) is 4.79 Å². The fraction of sp³-hybridized carbons (Fsp3) is 0.300. The summed E-state index contributed by atoms with van der Waals surface area (Å²) in [6, 6.07) is 8.19. The van der Waals surface area contributed by atoms with E-state index in [-0.39, 0.29) is 24.2 Å². The highest BCUT2D eigenvalue weighted by Gasteiger charge is 2.43. The first kappa shape index (κ1) is 16.2. The van der Waals surface area contributed by atoms with E-state index >= 15 is 0 Å². The Bertz CT molecular complexity index is 1040. The van der Waals surface area contributed by atoms with Crippen LogP contribution >= 0.6 is 0 Å². The van der Waals surface area contributed by atoms with Crippen LogP contribution in [0.4, 0.5) is 14.6 Å². The van der Waals surface area contributed by atoms with E-state index < -0.39 is 12.1 Å². The number of halogens is 2. The van der Waals surface area contributed by atoms with Crippen LogP contribution in [0.2, 0.25) is 0 Å². The molecule has 2 aliphatic carbocycles. The molecule has 0 spiro atoms. The number of carbonyl (C=O) groups is 1. The lowest BCUT2D eigenvalue weighted by atomic mass is 10.0. The topological polar surface area (TPSA) is 67.0 Å². The summed E-state index contributed by atoms with van der Waals surface area (Å²) in [4.78, 5) is 19.3. The smallest absolute Gasteiger partial charge is 0.231 e. The molecule has 2 N–H and O–H groups in total. The summed E-state index contributed by atoms with van der Waals surface area (Å²) < 4.78 is 33.5. The summed E-state index contributed by atoms with van der Waals surface area (Å²) in [7, 11) is 0. The molecule has 27 heavy (non-hydrogen) atoms. The summed E-state index contributed by atoms with van der Waals surface area (Å²) in [5.41, 5.74) is 1.55. The number of alkyl halides is 1. The third-order valence-electron chi connectivity index (χ3n) is 4.90. The van der Waals surface area contributed by atoms with Gasteiger partial charge in [-0.2, -0.15) is 0 Å². The van der Waals surface area contributed by atoms with E-state index in [1.807, 2.05) is 0 Å². The van der Waals surface area contributed by atoms with Crippen molar-refractivity contribution in [2.45, 2.75) is 31.5 Å². The molecule has 5 rings (SSSR count). The van der Waals surface area contributed by atoms with Gasteiger partial charge in [-0.25, -0.2) is 13.8 Å². The van der Waals surface area contributed by atoms with E-state index in [4.69, 9.17) is 4.74 Å². The third-order valence-corrected chi connectivity index (χ3v) is 4.90. The number of aromatic nitrogens is 2. The molecule has 2 heterocycles. The minimum Gasteiger partial charge on any atom is -0.490 e. The second kappa shape index (κ2) is 6.04. The van der Waals surface area contributed by atoms with Crippen LogP contribution in [-0.2, 0) is 4.79 Å². The van der Waals surface area contributed by atoms with Crippen molar-refractivity contribution in [1.82, 2.24) is 9.97 Å². The van der Waals surface area contributed by atoms with Crippen molar-refractivity contribution in [3.8, 4) is 16.9 Å². The Morgan fingerprint density at radius 1 is 1.26 bits per heavy atom. The molecule has 0 unspecified atom stereocenters. The molecular weight excluding hydrogens is 352 g/mol. The SMILES string of the molecule is O=C(Nc1ccc2c(-c3c(F)cccc3OC3CC3)c[nH]c2n1)[C@@H]1C[C@@H]1F. The highest BCUT2D eigenvalue weighted by Crippen LogP contribution is 2.40. The van der Waals surface area contributed by atoms with Gasteiger partial charge in [0.1, 0.15) is 29.2 Å². The van der Waals surface area contributed by atoms with Crippen LogP contribution in [0.15, 0.2) is 36.5 Å². The Labute approximate surface area is 153 Å². The van der Waals surface area contributed by atoms with E-state index in [9.17, 15) is 13.6 Å². The van der Waals surface area contributed by atoms with Gasteiger partial charge in [-0.05, 0) is 43.5 Å². The highest BCUT2D eigenvalue weighted by molar-refractivity contribution is 5.98. The predicted octanol–water partition coefficient (Wildman–Crippen LogP) is 4.21. The minimum absolute atomic E-state index is 0.150. The summed E-state index contributed by atoms with van der Waals surface area (Å²) >= 11 is 0. The fourth-order valence-electron chi connectivity index (χ4n) is 3.16. The standard InChI is InChI=1S/C20H17F2N3O2/c21-14-2-1-3-16(27-10-4-5-10)18(14)13-9-23-19-11(13)6-7-17(24-19)25-20(26)12-8-15(12)22/h1-3,6-7,9-10,12,15H,4-5,8H2,(H2,23,24,25,26)/t12-,15+/m1/s1. The fourth-order valence-corrected chi connectivity index (χ4v) is 3.16. The normalized spacial score (nSPS) is 21.3. The van der Waals surface area contributed by atoms with Crippen LogP contribution in [-0.4, -0.2) is 28.2 Å². The maximum absolute atomic E-state index is 14.6. The molecule has 3 aromatic rings. The van der Waals surface area contributed by atoms with Gasteiger partial charge < -0.3 is 15.0 Å². The van der Waals surface area contributed by atoms with Gasteiger partial charge in [0, 0.05) is 17.1 Å². The number of anilines is 1. The van der Waals surface area contributed by atoms with E-state index in [0.717, 1.165) is 12.8 Å². The van der Waals surface area contributed by atoms with Gasteiger partial charge in [0.25, 0.3) is 0 Å². The van der Waals surface area contributed by atoms with Crippen molar-refractivity contribution in [1.29, 1.82) is 0 Å². The summed E-state index contributed by atoms with van der Waals surface area (Å²) in [6.07, 6.45) is 3.00.